The van der Waals surface area contributed by atoms with Gasteiger partial charge < -0.3 is 14.7 Å². The SMILES string of the molecule is Cc1ccc(N(c2ccc(C)cc2)c2cc(N(c3ccc(-c4ccc(-c5ccccc5)cc4)cc3)c3ccc(C)cc3C)cc(N(c3ccc(-c4ccc(-c5ccccc5)cc4)cc3)c3ccc(C)cc3C)c2)cc1. The first-order chi connectivity index (χ1) is 36.6. The molecule has 11 aromatic carbocycles. The molecule has 11 rings (SSSR count). The largest absolute Gasteiger partial charge is 0.310 e. The minimum atomic E-state index is 1.03. The number of rotatable bonds is 13. The Morgan fingerprint density at radius 3 is 0.733 bits per heavy atom. The van der Waals surface area contributed by atoms with E-state index in [4.69, 9.17) is 0 Å². The molecule has 3 heteroatoms. The maximum atomic E-state index is 2.44. The van der Waals surface area contributed by atoms with Gasteiger partial charge in [-0.2, -0.15) is 0 Å². The van der Waals surface area contributed by atoms with Crippen molar-refractivity contribution in [1.82, 2.24) is 0 Å². The first-order valence-corrected chi connectivity index (χ1v) is 26.0. The van der Waals surface area contributed by atoms with Crippen molar-refractivity contribution in [2.24, 2.45) is 0 Å². The van der Waals surface area contributed by atoms with E-state index < -0.39 is 0 Å². The van der Waals surface area contributed by atoms with E-state index in [1.807, 2.05) is 0 Å². The van der Waals surface area contributed by atoms with Gasteiger partial charge in [0.1, 0.15) is 0 Å². The number of aryl methyl sites for hydroxylation is 6. The molecule has 0 bridgehead atoms. The number of hydrogen-bond donors (Lipinski definition) is 0. The maximum absolute atomic E-state index is 2.44. The van der Waals surface area contributed by atoms with Gasteiger partial charge in [-0.3, -0.25) is 0 Å². The van der Waals surface area contributed by atoms with Crippen molar-refractivity contribution in [2.45, 2.75) is 41.5 Å². The number of nitrogens with zero attached hydrogens (tertiary/aromatic N) is 3. The van der Waals surface area contributed by atoms with Crippen LogP contribution in [-0.4, -0.2) is 0 Å². The van der Waals surface area contributed by atoms with Gasteiger partial charge >= 0.3 is 0 Å². The standard InChI is InChI=1S/C72H61N3/c1-50-17-35-64(36-18-50)73(65-37-19-51(2)20-38-65)68-47-69(74(71-43-21-52(3)45-54(71)5)66-39-31-62(32-40-66)60-27-23-58(24-28-60)56-13-9-7-10-14-56)49-70(48-68)75(72-44-22-53(4)46-55(72)6)67-41-33-63(34-42-67)61-29-25-59(26-30-61)57-15-11-8-12-16-57/h7-49H,1-6H3. The lowest BCUT2D eigenvalue weighted by atomic mass is 9.99. The normalized spacial score (nSPS) is 11.1. The van der Waals surface area contributed by atoms with E-state index in [2.05, 4.69) is 317 Å². The number of anilines is 9. The van der Waals surface area contributed by atoms with E-state index in [0.717, 1.165) is 62.3 Å². The van der Waals surface area contributed by atoms with Crippen molar-refractivity contribution < 1.29 is 0 Å². The molecule has 0 aliphatic carbocycles. The molecule has 0 aliphatic heterocycles. The fraction of sp³-hybridized carbons (Fsp3) is 0.0833. The van der Waals surface area contributed by atoms with Gasteiger partial charge in [-0.1, -0.05) is 204 Å². The minimum Gasteiger partial charge on any atom is -0.310 e. The molecule has 11 aromatic rings. The Morgan fingerprint density at radius 1 is 0.187 bits per heavy atom. The molecular formula is C72H61N3. The van der Waals surface area contributed by atoms with Crippen LogP contribution in [0.2, 0.25) is 0 Å². The molecule has 364 valence electrons. The van der Waals surface area contributed by atoms with Crippen LogP contribution in [0.4, 0.5) is 51.2 Å². The highest BCUT2D eigenvalue weighted by molar-refractivity contribution is 5.91. The van der Waals surface area contributed by atoms with Gasteiger partial charge in [0.15, 0.2) is 0 Å². The third kappa shape index (κ3) is 10.4. The molecule has 0 N–H and O–H groups in total. The second-order valence-electron chi connectivity index (χ2n) is 19.9. The Labute approximate surface area is 443 Å². The molecule has 75 heavy (non-hydrogen) atoms. The molecule has 0 saturated carbocycles. The van der Waals surface area contributed by atoms with E-state index in [1.54, 1.807) is 0 Å². The van der Waals surface area contributed by atoms with Crippen LogP contribution in [0.3, 0.4) is 0 Å². The summed E-state index contributed by atoms with van der Waals surface area (Å²) in [4.78, 5) is 7.28. The van der Waals surface area contributed by atoms with E-state index in [9.17, 15) is 0 Å². The van der Waals surface area contributed by atoms with Crippen molar-refractivity contribution in [3.8, 4) is 44.5 Å². The van der Waals surface area contributed by atoms with Gasteiger partial charge in [0, 0.05) is 34.1 Å². The average molecular weight is 968 g/mol. The molecule has 0 aliphatic rings. The summed E-state index contributed by atoms with van der Waals surface area (Å²) in [6.45, 7) is 13.1. The Morgan fingerprint density at radius 2 is 0.427 bits per heavy atom. The lowest BCUT2D eigenvalue weighted by Crippen LogP contribution is -2.17. The highest BCUT2D eigenvalue weighted by atomic mass is 15.2. The van der Waals surface area contributed by atoms with E-state index in [-0.39, 0.29) is 0 Å². The minimum absolute atomic E-state index is 1.03. The molecular weight excluding hydrogens is 907 g/mol. The monoisotopic (exact) mass is 967 g/mol. The summed E-state index contributed by atoms with van der Waals surface area (Å²) in [7, 11) is 0. The number of hydrogen-bond acceptors (Lipinski definition) is 3. The van der Waals surface area contributed by atoms with Crippen molar-refractivity contribution in [3.63, 3.8) is 0 Å². The molecule has 3 nitrogen and oxygen atoms in total. The summed E-state index contributed by atoms with van der Waals surface area (Å²) in [5, 5.41) is 0. The molecule has 0 fully saturated rings. The molecule has 0 aromatic heterocycles. The van der Waals surface area contributed by atoms with E-state index in [0.29, 0.717) is 0 Å². The maximum Gasteiger partial charge on any atom is 0.0503 e. The third-order valence-electron chi connectivity index (χ3n) is 14.3. The van der Waals surface area contributed by atoms with Crippen LogP contribution >= 0.6 is 0 Å². The topological polar surface area (TPSA) is 9.72 Å². The molecule has 0 spiro atoms. The van der Waals surface area contributed by atoms with Gasteiger partial charge in [0.25, 0.3) is 0 Å². The summed E-state index contributed by atoms with van der Waals surface area (Å²) in [5.41, 5.74) is 26.4. The zero-order valence-electron chi connectivity index (χ0n) is 43.7. The third-order valence-corrected chi connectivity index (χ3v) is 14.3. The lowest BCUT2D eigenvalue weighted by Gasteiger charge is -2.34. The van der Waals surface area contributed by atoms with Gasteiger partial charge in [-0.15, -0.1) is 0 Å². The predicted octanol–water partition coefficient (Wildman–Crippen LogP) is 20.6. The lowest BCUT2D eigenvalue weighted by molar-refractivity contribution is 1.20. The van der Waals surface area contributed by atoms with Crippen LogP contribution in [0.1, 0.15) is 33.4 Å². The second kappa shape index (κ2) is 21.1. The number of benzene rings is 11. The van der Waals surface area contributed by atoms with E-state index >= 15 is 0 Å². The highest BCUT2D eigenvalue weighted by Crippen LogP contribution is 2.48. The van der Waals surface area contributed by atoms with E-state index in [1.165, 1.54) is 66.8 Å². The Bertz CT molecular complexity index is 3470. The van der Waals surface area contributed by atoms with Crippen LogP contribution in [0.5, 0.6) is 0 Å². The second-order valence-corrected chi connectivity index (χ2v) is 19.9. The Hall–Kier alpha value is -9.18. The van der Waals surface area contributed by atoms with Crippen LogP contribution in [0.15, 0.2) is 261 Å². The van der Waals surface area contributed by atoms with Crippen molar-refractivity contribution in [1.29, 1.82) is 0 Å². The molecule has 0 unspecified atom stereocenters. The molecule has 0 heterocycles. The van der Waals surface area contributed by atoms with Crippen molar-refractivity contribution in [3.05, 3.63) is 294 Å². The van der Waals surface area contributed by atoms with Crippen LogP contribution in [0.25, 0.3) is 44.5 Å². The molecule has 0 radical (unpaired) electrons. The zero-order chi connectivity index (χ0) is 51.4. The highest BCUT2D eigenvalue weighted by Gasteiger charge is 2.24. The summed E-state index contributed by atoms with van der Waals surface area (Å²) >= 11 is 0. The fourth-order valence-electron chi connectivity index (χ4n) is 10.3. The summed E-state index contributed by atoms with van der Waals surface area (Å²) in [6.07, 6.45) is 0. The molecule has 0 saturated heterocycles. The smallest absolute Gasteiger partial charge is 0.0503 e. The Kier molecular flexibility index (Phi) is 13.5. The van der Waals surface area contributed by atoms with Crippen LogP contribution in [0, 0.1) is 41.5 Å². The average Bonchev–Trinajstić information content (AvgIpc) is 3.45. The van der Waals surface area contributed by atoms with Gasteiger partial charge in [-0.25, -0.2) is 0 Å². The summed E-state index contributed by atoms with van der Waals surface area (Å²) in [5.74, 6) is 0. The van der Waals surface area contributed by atoms with Crippen LogP contribution in [-0.2, 0) is 0 Å². The first-order valence-electron chi connectivity index (χ1n) is 26.0. The van der Waals surface area contributed by atoms with Crippen molar-refractivity contribution >= 4 is 51.2 Å². The molecule has 0 amide bonds. The zero-order valence-corrected chi connectivity index (χ0v) is 43.7. The van der Waals surface area contributed by atoms with Gasteiger partial charge in [0.05, 0.1) is 17.1 Å². The van der Waals surface area contributed by atoms with Gasteiger partial charge in [-0.05, 0) is 176 Å². The van der Waals surface area contributed by atoms with Crippen LogP contribution < -0.4 is 14.7 Å². The summed E-state index contributed by atoms with van der Waals surface area (Å²) in [6, 6.07) is 95.6. The Balaban J connectivity index is 1.10. The van der Waals surface area contributed by atoms with Gasteiger partial charge in [0.2, 0.25) is 0 Å². The first kappa shape index (κ1) is 48.1. The summed E-state index contributed by atoms with van der Waals surface area (Å²) < 4.78 is 0. The van der Waals surface area contributed by atoms with Crippen molar-refractivity contribution in [2.75, 3.05) is 14.7 Å². The fourth-order valence-corrected chi connectivity index (χ4v) is 10.3. The molecule has 0 atom stereocenters. The predicted molar refractivity (Wildman–Crippen MR) is 321 cm³/mol. The quantitative estimate of drug-likeness (QED) is 0.114.